The van der Waals surface area contributed by atoms with E-state index in [1.165, 1.54) is 0 Å². The fourth-order valence-electron chi connectivity index (χ4n) is 1.02. The molecule has 0 unspecified atom stereocenters. The van der Waals surface area contributed by atoms with Crippen LogP contribution in [0, 0.1) is 5.92 Å². The van der Waals surface area contributed by atoms with Gasteiger partial charge in [0.15, 0.2) is 0 Å². The Balaban J connectivity index is 2.22. The zero-order chi connectivity index (χ0) is 9.68. The van der Waals surface area contributed by atoms with Crippen LogP contribution in [0.25, 0.3) is 0 Å². The Morgan fingerprint density at radius 3 is 2.77 bits per heavy atom. The molecule has 0 spiro atoms. The van der Waals surface area contributed by atoms with Gasteiger partial charge in [0.2, 0.25) is 0 Å². The minimum Gasteiger partial charge on any atom is -0.468 e. The number of hydrogen-bond acceptors (Lipinski definition) is 3. The minimum absolute atomic E-state index is 0.145. The first-order valence-electron chi connectivity index (χ1n) is 4.57. The third-order valence-corrected chi connectivity index (χ3v) is 1.66. The lowest BCUT2D eigenvalue weighted by atomic mass is 10.2. The van der Waals surface area contributed by atoms with Gasteiger partial charge < -0.3 is 14.9 Å². The fourth-order valence-corrected chi connectivity index (χ4v) is 1.02. The first-order valence-corrected chi connectivity index (χ1v) is 4.57. The second-order valence-electron chi connectivity index (χ2n) is 3.55. The largest absolute Gasteiger partial charge is 0.468 e. The van der Waals surface area contributed by atoms with Crippen molar-refractivity contribution < 1.29 is 9.15 Å². The lowest BCUT2D eigenvalue weighted by molar-refractivity contribution is 0.0940. The average Bonchev–Trinajstić information content (AvgIpc) is 2.55. The van der Waals surface area contributed by atoms with Gasteiger partial charge in [-0.05, 0) is 18.1 Å². The van der Waals surface area contributed by atoms with Crippen molar-refractivity contribution >= 4 is 0 Å². The van der Waals surface area contributed by atoms with Crippen molar-refractivity contribution in [2.45, 2.75) is 19.9 Å². The van der Waals surface area contributed by atoms with Gasteiger partial charge in [-0.2, -0.15) is 0 Å². The van der Waals surface area contributed by atoms with Gasteiger partial charge in [0.1, 0.15) is 5.76 Å². The zero-order valence-corrected chi connectivity index (χ0v) is 8.19. The summed E-state index contributed by atoms with van der Waals surface area (Å²) in [4.78, 5) is 0. The molecule has 3 nitrogen and oxygen atoms in total. The van der Waals surface area contributed by atoms with Crippen molar-refractivity contribution in [2.75, 3.05) is 13.2 Å². The summed E-state index contributed by atoms with van der Waals surface area (Å²) in [6.45, 7) is 5.48. The van der Waals surface area contributed by atoms with Crippen LogP contribution in [0.15, 0.2) is 22.8 Å². The van der Waals surface area contributed by atoms with E-state index < -0.39 is 0 Å². The van der Waals surface area contributed by atoms with Crippen LogP contribution in [-0.2, 0) is 4.74 Å². The van der Waals surface area contributed by atoms with E-state index in [9.17, 15) is 0 Å². The lowest BCUT2D eigenvalue weighted by Gasteiger charge is -2.10. The predicted molar refractivity (Wildman–Crippen MR) is 51.3 cm³/mol. The van der Waals surface area contributed by atoms with Crippen LogP contribution in [0.5, 0.6) is 0 Å². The average molecular weight is 183 g/mol. The summed E-state index contributed by atoms with van der Waals surface area (Å²) in [5, 5.41) is 0. The summed E-state index contributed by atoms with van der Waals surface area (Å²) >= 11 is 0. The van der Waals surface area contributed by atoms with Crippen LogP contribution in [0.1, 0.15) is 25.6 Å². The molecule has 2 N–H and O–H groups in total. The van der Waals surface area contributed by atoms with Crippen molar-refractivity contribution in [1.82, 2.24) is 0 Å². The molecule has 0 saturated carbocycles. The highest BCUT2D eigenvalue weighted by Crippen LogP contribution is 2.10. The molecule has 0 saturated heterocycles. The molecule has 0 aliphatic heterocycles. The first kappa shape index (κ1) is 10.3. The van der Waals surface area contributed by atoms with Crippen LogP contribution in [0.2, 0.25) is 0 Å². The monoisotopic (exact) mass is 183 g/mol. The molecule has 1 aromatic heterocycles. The van der Waals surface area contributed by atoms with Gasteiger partial charge in [-0.15, -0.1) is 0 Å². The Labute approximate surface area is 78.9 Å². The second kappa shape index (κ2) is 5.04. The highest BCUT2D eigenvalue weighted by molar-refractivity contribution is 5.03. The Bertz CT molecular complexity index is 219. The molecule has 0 amide bonds. The summed E-state index contributed by atoms with van der Waals surface area (Å²) in [5.41, 5.74) is 5.81. The number of furan rings is 1. The van der Waals surface area contributed by atoms with Gasteiger partial charge in [0, 0.05) is 6.61 Å². The van der Waals surface area contributed by atoms with Gasteiger partial charge in [-0.25, -0.2) is 0 Å². The van der Waals surface area contributed by atoms with E-state index in [0.29, 0.717) is 12.5 Å². The van der Waals surface area contributed by atoms with Crippen molar-refractivity contribution in [2.24, 2.45) is 11.7 Å². The summed E-state index contributed by atoms with van der Waals surface area (Å²) in [5.74, 6) is 1.33. The fraction of sp³-hybridized carbons (Fsp3) is 0.600. The Morgan fingerprint density at radius 2 is 2.23 bits per heavy atom. The highest BCUT2D eigenvalue weighted by Gasteiger charge is 2.08. The molecule has 1 aromatic rings. The van der Waals surface area contributed by atoms with Gasteiger partial charge in [0.05, 0.1) is 18.9 Å². The van der Waals surface area contributed by atoms with Crippen LogP contribution < -0.4 is 5.73 Å². The van der Waals surface area contributed by atoms with Crippen LogP contribution in [-0.4, -0.2) is 13.2 Å². The van der Waals surface area contributed by atoms with E-state index in [0.717, 1.165) is 12.4 Å². The molecule has 0 aromatic carbocycles. The molecular weight excluding hydrogens is 166 g/mol. The van der Waals surface area contributed by atoms with Gasteiger partial charge in [-0.1, -0.05) is 13.8 Å². The quantitative estimate of drug-likeness (QED) is 0.759. The van der Waals surface area contributed by atoms with E-state index in [1.54, 1.807) is 6.26 Å². The summed E-state index contributed by atoms with van der Waals surface area (Å²) in [6.07, 6.45) is 1.62. The number of ether oxygens (including phenoxy) is 1. The van der Waals surface area contributed by atoms with E-state index in [4.69, 9.17) is 14.9 Å². The molecule has 0 aliphatic rings. The molecule has 1 rings (SSSR count). The molecule has 3 heteroatoms. The Kier molecular flexibility index (Phi) is 3.99. The Morgan fingerprint density at radius 1 is 1.46 bits per heavy atom. The van der Waals surface area contributed by atoms with Crippen LogP contribution in [0.3, 0.4) is 0 Å². The zero-order valence-electron chi connectivity index (χ0n) is 8.19. The van der Waals surface area contributed by atoms with Gasteiger partial charge in [0.25, 0.3) is 0 Å². The van der Waals surface area contributed by atoms with Gasteiger partial charge in [-0.3, -0.25) is 0 Å². The standard InChI is InChI=1S/C10H17NO2/c1-8(2)6-12-7-9(11)10-4-3-5-13-10/h3-5,8-9H,6-7,11H2,1-2H3/t9-/m0/s1. The minimum atomic E-state index is -0.145. The lowest BCUT2D eigenvalue weighted by Crippen LogP contribution is -2.18. The third-order valence-electron chi connectivity index (χ3n) is 1.66. The maximum absolute atomic E-state index is 5.81. The molecule has 1 heterocycles. The maximum Gasteiger partial charge on any atom is 0.122 e. The van der Waals surface area contributed by atoms with E-state index in [2.05, 4.69) is 13.8 Å². The summed E-state index contributed by atoms with van der Waals surface area (Å²) in [7, 11) is 0. The highest BCUT2D eigenvalue weighted by atomic mass is 16.5. The van der Waals surface area contributed by atoms with E-state index in [-0.39, 0.29) is 6.04 Å². The topological polar surface area (TPSA) is 48.4 Å². The molecule has 0 bridgehead atoms. The van der Waals surface area contributed by atoms with Gasteiger partial charge >= 0.3 is 0 Å². The first-order chi connectivity index (χ1) is 6.20. The third kappa shape index (κ3) is 3.61. The molecule has 74 valence electrons. The number of nitrogens with two attached hydrogens (primary N) is 1. The van der Waals surface area contributed by atoms with Crippen molar-refractivity contribution in [3.63, 3.8) is 0 Å². The molecule has 0 fully saturated rings. The van der Waals surface area contributed by atoms with Crippen molar-refractivity contribution in [3.8, 4) is 0 Å². The normalized spacial score (nSPS) is 13.5. The summed E-state index contributed by atoms with van der Waals surface area (Å²) < 4.78 is 10.5. The van der Waals surface area contributed by atoms with E-state index in [1.807, 2.05) is 12.1 Å². The second-order valence-corrected chi connectivity index (χ2v) is 3.55. The van der Waals surface area contributed by atoms with Crippen molar-refractivity contribution in [3.05, 3.63) is 24.2 Å². The molecular formula is C10H17NO2. The number of hydrogen-bond donors (Lipinski definition) is 1. The van der Waals surface area contributed by atoms with Crippen LogP contribution in [0.4, 0.5) is 0 Å². The van der Waals surface area contributed by atoms with Crippen molar-refractivity contribution in [1.29, 1.82) is 0 Å². The molecule has 13 heavy (non-hydrogen) atoms. The SMILES string of the molecule is CC(C)COC[C@H](N)c1ccco1. The molecule has 1 atom stereocenters. The molecule has 0 aliphatic carbocycles. The molecule has 0 radical (unpaired) electrons. The number of rotatable bonds is 5. The smallest absolute Gasteiger partial charge is 0.122 e. The van der Waals surface area contributed by atoms with E-state index >= 15 is 0 Å². The maximum atomic E-state index is 5.81. The predicted octanol–water partition coefficient (Wildman–Crippen LogP) is 1.95. The van der Waals surface area contributed by atoms with Crippen LogP contribution >= 0.6 is 0 Å². The Hall–Kier alpha value is -0.800. The summed E-state index contributed by atoms with van der Waals surface area (Å²) in [6, 6.07) is 3.55.